The Labute approximate surface area is 157 Å². The normalized spacial score (nSPS) is 14.9. The van der Waals surface area contributed by atoms with E-state index >= 15 is 0 Å². The number of hydrogen-bond acceptors (Lipinski definition) is 4. The lowest BCUT2D eigenvalue weighted by molar-refractivity contribution is -0.120. The Hall–Kier alpha value is -3.33. The molecule has 0 bridgehead atoms. The Morgan fingerprint density at radius 3 is 2.78 bits per heavy atom. The summed E-state index contributed by atoms with van der Waals surface area (Å²) in [6, 6.07) is 13.7. The number of aromatic nitrogens is 2. The number of aryl methyl sites for hydroxylation is 1. The van der Waals surface area contributed by atoms with E-state index in [1.54, 1.807) is 12.3 Å². The van der Waals surface area contributed by atoms with Crippen LogP contribution in [0.5, 0.6) is 0 Å². The molecule has 1 aliphatic heterocycles. The molecule has 4 rings (SSSR count). The van der Waals surface area contributed by atoms with Gasteiger partial charge >= 0.3 is 0 Å². The van der Waals surface area contributed by atoms with Crippen LogP contribution in [0.3, 0.4) is 0 Å². The molecule has 27 heavy (non-hydrogen) atoms. The van der Waals surface area contributed by atoms with Crippen molar-refractivity contribution >= 4 is 28.3 Å². The second kappa shape index (κ2) is 7.12. The summed E-state index contributed by atoms with van der Waals surface area (Å²) in [4.78, 5) is 22.4. The van der Waals surface area contributed by atoms with E-state index in [2.05, 4.69) is 32.3 Å². The average molecular weight is 359 g/mol. The standard InChI is InChI=1S/C21H21N5O/c1-14-10-17-11-18(3-4-19(17)24-14)25-21(27)16-6-8-26(9-7-16)20-5-2-15(12-22)13-23-20/h2-5,10-11,13,16,24H,6-9H2,1H3,(H,25,27). The first-order chi connectivity index (χ1) is 13.1. The van der Waals surface area contributed by atoms with Crippen LogP contribution < -0.4 is 10.2 Å². The summed E-state index contributed by atoms with van der Waals surface area (Å²) in [5, 5.41) is 13.0. The predicted molar refractivity (Wildman–Crippen MR) is 106 cm³/mol. The van der Waals surface area contributed by atoms with Crippen LogP contribution in [0, 0.1) is 24.2 Å². The molecule has 6 heteroatoms. The average Bonchev–Trinajstić information content (AvgIpc) is 3.07. The number of nitrogens with zero attached hydrogens (tertiary/aromatic N) is 3. The van der Waals surface area contributed by atoms with Gasteiger partial charge in [-0.2, -0.15) is 5.26 Å². The van der Waals surface area contributed by atoms with E-state index in [1.807, 2.05) is 31.2 Å². The summed E-state index contributed by atoms with van der Waals surface area (Å²) in [6.07, 6.45) is 3.17. The fraction of sp³-hybridized carbons (Fsp3) is 0.286. The van der Waals surface area contributed by atoms with Gasteiger partial charge in [0, 0.05) is 47.5 Å². The summed E-state index contributed by atoms with van der Waals surface area (Å²) in [7, 11) is 0. The number of hydrogen-bond donors (Lipinski definition) is 2. The maximum absolute atomic E-state index is 12.6. The number of pyridine rings is 1. The minimum absolute atomic E-state index is 0.00305. The maximum atomic E-state index is 12.6. The molecule has 2 aromatic heterocycles. The van der Waals surface area contributed by atoms with Gasteiger partial charge in [0.1, 0.15) is 11.9 Å². The van der Waals surface area contributed by atoms with Gasteiger partial charge < -0.3 is 15.2 Å². The quantitative estimate of drug-likeness (QED) is 0.748. The minimum atomic E-state index is 0.00305. The molecule has 1 aromatic carbocycles. The zero-order valence-electron chi connectivity index (χ0n) is 15.2. The van der Waals surface area contributed by atoms with Crippen LogP contribution in [0.2, 0.25) is 0 Å². The van der Waals surface area contributed by atoms with Crippen molar-refractivity contribution in [3.63, 3.8) is 0 Å². The minimum Gasteiger partial charge on any atom is -0.359 e. The number of anilines is 2. The first-order valence-electron chi connectivity index (χ1n) is 9.14. The van der Waals surface area contributed by atoms with Gasteiger partial charge in [0.25, 0.3) is 0 Å². The van der Waals surface area contributed by atoms with E-state index in [9.17, 15) is 4.79 Å². The number of benzene rings is 1. The third-order valence-corrected chi connectivity index (χ3v) is 5.09. The van der Waals surface area contributed by atoms with Crippen LogP contribution in [-0.4, -0.2) is 29.0 Å². The molecule has 0 radical (unpaired) electrons. The van der Waals surface area contributed by atoms with Gasteiger partial charge in [-0.1, -0.05) is 0 Å². The first-order valence-corrected chi connectivity index (χ1v) is 9.14. The highest BCUT2D eigenvalue weighted by Crippen LogP contribution is 2.25. The first kappa shape index (κ1) is 17.1. The van der Waals surface area contributed by atoms with E-state index in [4.69, 9.17) is 5.26 Å². The number of piperidine rings is 1. The molecule has 0 saturated carbocycles. The fourth-order valence-corrected chi connectivity index (χ4v) is 3.61. The number of H-pyrrole nitrogens is 1. The van der Waals surface area contributed by atoms with Crippen molar-refractivity contribution in [1.82, 2.24) is 9.97 Å². The summed E-state index contributed by atoms with van der Waals surface area (Å²) in [5.41, 5.74) is 3.58. The number of carbonyl (C=O) groups excluding carboxylic acids is 1. The van der Waals surface area contributed by atoms with Crippen LogP contribution in [-0.2, 0) is 4.79 Å². The monoisotopic (exact) mass is 359 g/mol. The number of aromatic amines is 1. The molecular formula is C21H21N5O. The lowest BCUT2D eigenvalue weighted by atomic mass is 9.95. The second-order valence-corrected chi connectivity index (χ2v) is 7.02. The molecule has 1 amide bonds. The van der Waals surface area contributed by atoms with Crippen molar-refractivity contribution < 1.29 is 4.79 Å². The molecule has 6 nitrogen and oxygen atoms in total. The summed E-state index contributed by atoms with van der Waals surface area (Å²) >= 11 is 0. The van der Waals surface area contributed by atoms with E-state index in [0.29, 0.717) is 5.56 Å². The highest BCUT2D eigenvalue weighted by Gasteiger charge is 2.25. The Morgan fingerprint density at radius 2 is 2.07 bits per heavy atom. The maximum Gasteiger partial charge on any atom is 0.227 e. The fourth-order valence-electron chi connectivity index (χ4n) is 3.61. The van der Waals surface area contributed by atoms with Gasteiger partial charge in [-0.15, -0.1) is 0 Å². The highest BCUT2D eigenvalue weighted by molar-refractivity contribution is 5.95. The molecule has 0 spiro atoms. The Morgan fingerprint density at radius 1 is 1.26 bits per heavy atom. The molecule has 136 valence electrons. The smallest absolute Gasteiger partial charge is 0.227 e. The summed E-state index contributed by atoms with van der Waals surface area (Å²) < 4.78 is 0. The van der Waals surface area contributed by atoms with Gasteiger partial charge in [-0.25, -0.2) is 4.98 Å². The van der Waals surface area contributed by atoms with E-state index in [-0.39, 0.29) is 11.8 Å². The van der Waals surface area contributed by atoms with E-state index in [1.165, 1.54) is 0 Å². The topological polar surface area (TPSA) is 84.8 Å². The molecule has 3 heterocycles. The number of rotatable bonds is 3. The van der Waals surface area contributed by atoms with Crippen molar-refractivity contribution in [3.8, 4) is 6.07 Å². The number of nitrogens with one attached hydrogen (secondary N) is 2. The van der Waals surface area contributed by atoms with Crippen LogP contribution >= 0.6 is 0 Å². The van der Waals surface area contributed by atoms with Gasteiger partial charge in [-0.05, 0) is 56.2 Å². The number of fused-ring (bicyclic) bond motifs is 1. The third kappa shape index (κ3) is 3.63. The molecule has 1 fully saturated rings. The van der Waals surface area contributed by atoms with Crippen molar-refractivity contribution in [3.05, 3.63) is 53.9 Å². The molecular weight excluding hydrogens is 338 g/mol. The van der Waals surface area contributed by atoms with Crippen molar-refractivity contribution in [1.29, 1.82) is 5.26 Å². The SMILES string of the molecule is Cc1cc2cc(NC(=O)C3CCN(c4ccc(C#N)cn4)CC3)ccc2[nH]1. The van der Waals surface area contributed by atoms with Gasteiger partial charge in [-0.3, -0.25) is 4.79 Å². The van der Waals surface area contributed by atoms with E-state index in [0.717, 1.165) is 54.0 Å². The lowest BCUT2D eigenvalue weighted by Gasteiger charge is -2.32. The largest absolute Gasteiger partial charge is 0.359 e. The summed E-state index contributed by atoms with van der Waals surface area (Å²) in [6.45, 7) is 3.59. The van der Waals surface area contributed by atoms with Gasteiger partial charge in [0.05, 0.1) is 5.56 Å². The molecule has 1 aliphatic rings. The Bertz CT molecular complexity index is 1010. The second-order valence-electron chi connectivity index (χ2n) is 7.02. The van der Waals surface area contributed by atoms with Crippen molar-refractivity contribution in [2.24, 2.45) is 5.92 Å². The van der Waals surface area contributed by atoms with Crippen molar-refractivity contribution in [2.75, 3.05) is 23.3 Å². The molecule has 0 aliphatic carbocycles. The van der Waals surface area contributed by atoms with Crippen LogP contribution in [0.25, 0.3) is 10.9 Å². The van der Waals surface area contributed by atoms with Crippen LogP contribution in [0.4, 0.5) is 11.5 Å². The third-order valence-electron chi connectivity index (χ3n) is 5.09. The number of carbonyl (C=O) groups is 1. The Balaban J connectivity index is 1.36. The van der Waals surface area contributed by atoms with E-state index < -0.39 is 0 Å². The van der Waals surface area contributed by atoms with Crippen molar-refractivity contribution in [2.45, 2.75) is 19.8 Å². The Kier molecular flexibility index (Phi) is 4.51. The number of nitriles is 1. The predicted octanol–water partition coefficient (Wildman–Crippen LogP) is 3.60. The lowest BCUT2D eigenvalue weighted by Crippen LogP contribution is -2.38. The molecule has 2 N–H and O–H groups in total. The molecule has 0 unspecified atom stereocenters. The molecule has 0 atom stereocenters. The van der Waals surface area contributed by atoms with Gasteiger partial charge in [0.2, 0.25) is 5.91 Å². The number of amides is 1. The zero-order valence-corrected chi connectivity index (χ0v) is 15.2. The van der Waals surface area contributed by atoms with Gasteiger partial charge in [0.15, 0.2) is 0 Å². The zero-order chi connectivity index (χ0) is 18.8. The van der Waals surface area contributed by atoms with Crippen LogP contribution in [0.15, 0.2) is 42.6 Å². The molecule has 1 saturated heterocycles. The van der Waals surface area contributed by atoms with Crippen LogP contribution in [0.1, 0.15) is 24.1 Å². The summed E-state index contributed by atoms with van der Waals surface area (Å²) in [5.74, 6) is 0.943. The molecule has 3 aromatic rings. The highest BCUT2D eigenvalue weighted by atomic mass is 16.1.